The Kier molecular flexibility index (Phi) is 6.38. The third-order valence-electron chi connectivity index (χ3n) is 0.915. The molecule has 0 radical (unpaired) electrons. The van der Waals surface area contributed by atoms with Crippen molar-refractivity contribution in [2.45, 2.75) is 12.8 Å². The molecule has 1 N–H and O–H groups in total. The molecule has 0 aromatic heterocycles. The Morgan fingerprint density at radius 1 is 1.70 bits per heavy atom. The fourth-order valence-electron chi connectivity index (χ4n) is 0.492. The number of hydrogen-bond donors (Lipinski definition) is 1. The van der Waals surface area contributed by atoms with Crippen molar-refractivity contribution >= 4 is 17.7 Å². The molecule has 0 fully saturated rings. The molecule has 10 heavy (non-hydrogen) atoms. The van der Waals surface area contributed by atoms with E-state index >= 15 is 0 Å². The first kappa shape index (κ1) is 9.56. The number of thioether (sulfide) groups is 1. The second-order valence-corrected chi connectivity index (χ2v) is 3.01. The lowest BCUT2D eigenvalue weighted by molar-refractivity contribution is -0.137. The first-order valence-electron chi connectivity index (χ1n) is 3.18. The third kappa shape index (κ3) is 7.56. The molecule has 58 valence electrons. The largest absolute Gasteiger partial charge is 0.481 e. The van der Waals surface area contributed by atoms with Crippen LogP contribution in [0, 0.1) is 0 Å². The van der Waals surface area contributed by atoms with Gasteiger partial charge in [0, 0.05) is 12.2 Å². The summed E-state index contributed by atoms with van der Waals surface area (Å²) in [5.74, 6) is 1.12. The Hall–Kier alpha value is -0.440. The van der Waals surface area contributed by atoms with Gasteiger partial charge in [-0.15, -0.1) is 6.58 Å². The Labute approximate surface area is 65.3 Å². The van der Waals surface area contributed by atoms with Crippen LogP contribution in [0.5, 0.6) is 0 Å². The molecule has 0 amide bonds. The van der Waals surface area contributed by atoms with Gasteiger partial charge < -0.3 is 5.11 Å². The number of hydrogen-bond acceptors (Lipinski definition) is 2. The summed E-state index contributed by atoms with van der Waals surface area (Å²) >= 11 is 1.71. The molecule has 0 atom stereocenters. The monoisotopic (exact) mass is 160 g/mol. The molecule has 3 heteroatoms. The van der Waals surface area contributed by atoms with Gasteiger partial charge in [-0.1, -0.05) is 6.08 Å². The molecule has 0 aliphatic rings. The summed E-state index contributed by atoms with van der Waals surface area (Å²) in [7, 11) is 0. The Morgan fingerprint density at radius 3 is 2.90 bits per heavy atom. The quantitative estimate of drug-likeness (QED) is 0.475. The lowest BCUT2D eigenvalue weighted by Gasteiger charge is -1.93. The van der Waals surface area contributed by atoms with Crippen LogP contribution in [0.15, 0.2) is 12.7 Å². The van der Waals surface area contributed by atoms with Gasteiger partial charge in [-0.2, -0.15) is 11.8 Å². The molecule has 0 saturated carbocycles. The number of rotatable bonds is 6. The van der Waals surface area contributed by atoms with Gasteiger partial charge in [0.1, 0.15) is 0 Å². The molecule has 0 rings (SSSR count). The van der Waals surface area contributed by atoms with E-state index in [4.69, 9.17) is 5.11 Å². The highest BCUT2D eigenvalue weighted by Gasteiger charge is 1.94. The second kappa shape index (κ2) is 6.68. The average Bonchev–Trinajstić information content (AvgIpc) is 1.87. The summed E-state index contributed by atoms with van der Waals surface area (Å²) < 4.78 is 0. The highest BCUT2D eigenvalue weighted by atomic mass is 32.2. The van der Waals surface area contributed by atoms with Crippen molar-refractivity contribution in [3.8, 4) is 0 Å². The van der Waals surface area contributed by atoms with E-state index in [0.717, 1.165) is 17.9 Å². The maximum Gasteiger partial charge on any atom is 0.303 e. The van der Waals surface area contributed by atoms with Crippen LogP contribution in [0.3, 0.4) is 0 Å². The van der Waals surface area contributed by atoms with E-state index < -0.39 is 5.97 Å². The topological polar surface area (TPSA) is 37.3 Å². The van der Waals surface area contributed by atoms with Crippen molar-refractivity contribution in [3.05, 3.63) is 12.7 Å². The summed E-state index contributed by atoms with van der Waals surface area (Å²) in [5.41, 5.74) is 0. The molecular weight excluding hydrogens is 148 g/mol. The maximum absolute atomic E-state index is 10.0. The lowest BCUT2D eigenvalue weighted by atomic mass is 10.3. The third-order valence-corrected chi connectivity index (χ3v) is 1.96. The molecule has 0 aliphatic heterocycles. The molecule has 0 spiro atoms. The molecule has 0 aliphatic carbocycles. The van der Waals surface area contributed by atoms with Crippen molar-refractivity contribution in [2.24, 2.45) is 0 Å². The van der Waals surface area contributed by atoms with Crippen LogP contribution in [0.4, 0.5) is 0 Å². The van der Waals surface area contributed by atoms with Crippen molar-refractivity contribution in [1.29, 1.82) is 0 Å². The van der Waals surface area contributed by atoms with E-state index in [1.54, 1.807) is 11.8 Å². The highest BCUT2D eigenvalue weighted by Crippen LogP contribution is 2.03. The maximum atomic E-state index is 10.0. The molecule has 0 aromatic carbocycles. The van der Waals surface area contributed by atoms with Crippen LogP contribution in [0.1, 0.15) is 12.8 Å². The van der Waals surface area contributed by atoms with E-state index in [9.17, 15) is 4.79 Å². The summed E-state index contributed by atoms with van der Waals surface area (Å²) in [4.78, 5) is 10.0. The van der Waals surface area contributed by atoms with Gasteiger partial charge in [0.15, 0.2) is 0 Å². The second-order valence-electron chi connectivity index (χ2n) is 1.86. The van der Waals surface area contributed by atoms with Crippen LogP contribution >= 0.6 is 11.8 Å². The van der Waals surface area contributed by atoms with Gasteiger partial charge in [-0.05, 0) is 12.2 Å². The minimum absolute atomic E-state index is 0.282. The predicted octanol–water partition coefficient (Wildman–Crippen LogP) is 1.77. The zero-order valence-electron chi connectivity index (χ0n) is 5.88. The SMILES string of the molecule is C=CCSCCCC(=O)O. The summed E-state index contributed by atoms with van der Waals surface area (Å²) in [6.07, 6.45) is 2.86. The standard InChI is InChI=1S/C7H12O2S/c1-2-5-10-6-3-4-7(8)9/h2H,1,3-6H2,(H,8,9). The molecule has 2 nitrogen and oxygen atoms in total. The minimum atomic E-state index is -0.709. The van der Waals surface area contributed by atoms with Crippen molar-refractivity contribution in [2.75, 3.05) is 11.5 Å². The van der Waals surface area contributed by atoms with Gasteiger partial charge in [0.05, 0.1) is 0 Å². The lowest BCUT2D eigenvalue weighted by Crippen LogP contribution is -1.94. The first-order chi connectivity index (χ1) is 4.77. The smallest absolute Gasteiger partial charge is 0.303 e. The minimum Gasteiger partial charge on any atom is -0.481 e. The van der Waals surface area contributed by atoms with Gasteiger partial charge in [0.2, 0.25) is 0 Å². The molecular formula is C7H12O2S. The van der Waals surface area contributed by atoms with Crippen LogP contribution in [0.25, 0.3) is 0 Å². The van der Waals surface area contributed by atoms with Crippen molar-refractivity contribution in [1.82, 2.24) is 0 Å². The highest BCUT2D eigenvalue weighted by molar-refractivity contribution is 7.99. The predicted molar refractivity (Wildman–Crippen MR) is 44.4 cm³/mol. The van der Waals surface area contributed by atoms with E-state index in [-0.39, 0.29) is 6.42 Å². The van der Waals surface area contributed by atoms with Gasteiger partial charge >= 0.3 is 5.97 Å². The van der Waals surface area contributed by atoms with Crippen LogP contribution in [-0.2, 0) is 4.79 Å². The normalized spacial score (nSPS) is 9.20. The van der Waals surface area contributed by atoms with Crippen molar-refractivity contribution in [3.63, 3.8) is 0 Å². The summed E-state index contributed by atoms with van der Waals surface area (Å²) in [6.45, 7) is 3.56. The summed E-state index contributed by atoms with van der Waals surface area (Å²) in [5, 5.41) is 8.24. The van der Waals surface area contributed by atoms with E-state index in [0.29, 0.717) is 0 Å². The van der Waals surface area contributed by atoms with Crippen LogP contribution in [-0.4, -0.2) is 22.6 Å². The Balaban J connectivity index is 2.90. The average molecular weight is 160 g/mol. The fraction of sp³-hybridized carbons (Fsp3) is 0.571. The molecule has 0 bridgehead atoms. The number of aliphatic carboxylic acids is 1. The molecule has 0 aromatic rings. The van der Waals surface area contributed by atoms with E-state index in [1.807, 2.05) is 6.08 Å². The van der Waals surface area contributed by atoms with Gasteiger partial charge in [0.25, 0.3) is 0 Å². The number of carboxylic acids is 1. The van der Waals surface area contributed by atoms with E-state index in [2.05, 4.69) is 6.58 Å². The van der Waals surface area contributed by atoms with Gasteiger partial charge in [-0.3, -0.25) is 4.79 Å². The molecule has 0 heterocycles. The van der Waals surface area contributed by atoms with Crippen molar-refractivity contribution < 1.29 is 9.90 Å². The van der Waals surface area contributed by atoms with Gasteiger partial charge in [-0.25, -0.2) is 0 Å². The number of carboxylic acid groups (broad SMARTS) is 1. The Bertz CT molecular complexity index is 112. The zero-order valence-corrected chi connectivity index (χ0v) is 6.69. The first-order valence-corrected chi connectivity index (χ1v) is 4.33. The fourth-order valence-corrected chi connectivity index (χ4v) is 1.17. The van der Waals surface area contributed by atoms with Crippen LogP contribution < -0.4 is 0 Å². The van der Waals surface area contributed by atoms with E-state index in [1.165, 1.54) is 0 Å². The Morgan fingerprint density at radius 2 is 2.40 bits per heavy atom. The van der Waals surface area contributed by atoms with Crippen LogP contribution in [0.2, 0.25) is 0 Å². The molecule has 0 unspecified atom stereocenters. The zero-order chi connectivity index (χ0) is 7.82. The summed E-state index contributed by atoms with van der Waals surface area (Å²) in [6, 6.07) is 0. The molecule has 0 saturated heterocycles. The number of carbonyl (C=O) groups is 1.